The first kappa shape index (κ1) is 16.6. The second kappa shape index (κ2) is 5.98. The molecule has 2 aromatic carbocycles. The molecule has 24 heavy (non-hydrogen) atoms. The summed E-state index contributed by atoms with van der Waals surface area (Å²) in [5, 5.41) is 18.8. The molecule has 124 valence electrons. The topological polar surface area (TPSA) is 90.2 Å². The summed E-state index contributed by atoms with van der Waals surface area (Å²) in [7, 11) is -4.03. The minimum Gasteiger partial charge on any atom is -0.394 e. The Hall–Kier alpha value is -2.27. The summed E-state index contributed by atoms with van der Waals surface area (Å²) in [5.41, 5.74) is 0.254. The van der Waals surface area contributed by atoms with Crippen molar-refractivity contribution in [3.63, 3.8) is 0 Å². The zero-order chi connectivity index (χ0) is 17.4. The van der Waals surface area contributed by atoms with Crippen LogP contribution in [-0.4, -0.2) is 20.1 Å². The van der Waals surface area contributed by atoms with Gasteiger partial charge in [-0.05, 0) is 42.2 Å². The molecule has 2 aromatic rings. The molecule has 2 N–H and O–H groups in total. The molecule has 1 aliphatic carbocycles. The van der Waals surface area contributed by atoms with Gasteiger partial charge in [-0.25, -0.2) is 12.8 Å². The molecule has 0 saturated heterocycles. The number of benzene rings is 2. The smallest absolute Gasteiger partial charge is 0.241 e. The fourth-order valence-corrected chi connectivity index (χ4v) is 4.49. The van der Waals surface area contributed by atoms with Crippen LogP contribution in [0.2, 0.25) is 0 Å². The Morgan fingerprint density at radius 2 is 2.04 bits per heavy atom. The molecule has 0 bridgehead atoms. The van der Waals surface area contributed by atoms with Crippen molar-refractivity contribution in [2.75, 3.05) is 6.61 Å². The Morgan fingerprint density at radius 3 is 2.75 bits per heavy atom. The summed E-state index contributed by atoms with van der Waals surface area (Å²) < 4.78 is 41.4. The molecule has 0 aliphatic heterocycles. The molecule has 1 aliphatic rings. The normalized spacial score (nSPS) is 19.7. The molecule has 0 fully saturated rings. The lowest BCUT2D eigenvalue weighted by atomic mass is 9.94. The van der Waals surface area contributed by atoms with Crippen LogP contribution < -0.4 is 4.72 Å². The number of aryl methyl sites for hydroxylation is 1. The van der Waals surface area contributed by atoms with Crippen molar-refractivity contribution in [2.45, 2.75) is 23.3 Å². The highest BCUT2D eigenvalue weighted by Gasteiger charge is 2.41. The first-order valence-electron chi connectivity index (χ1n) is 7.35. The Balaban J connectivity index is 2.02. The monoisotopic (exact) mass is 346 g/mol. The quantitative estimate of drug-likeness (QED) is 0.883. The van der Waals surface area contributed by atoms with Crippen molar-refractivity contribution in [3.8, 4) is 6.07 Å². The molecule has 0 radical (unpaired) electrons. The second-order valence-electron chi connectivity index (χ2n) is 5.76. The second-order valence-corrected chi connectivity index (χ2v) is 7.44. The van der Waals surface area contributed by atoms with Crippen molar-refractivity contribution in [1.29, 1.82) is 5.26 Å². The average Bonchev–Trinajstić information content (AvgIpc) is 2.94. The van der Waals surface area contributed by atoms with E-state index in [0.717, 1.165) is 29.3 Å². The fourth-order valence-electron chi connectivity index (χ4n) is 3.06. The van der Waals surface area contributed by atoms with Crippen LogP contribution in [0.3, 0.4) is 0 Å². The predicted octanol–water partition coefficient (Wildman–Crippen LogP) is 1.81. The van der Waals surface area contributed by atoms with Gasteiger partial charge in [0.2, 0.25) is 10.0 Å². The molecule has 7 heteroatoms. The molecule has 0 heterocycles. The third-order valence-corrected chi connectivity index (χ3v) is 5.86. The molecule has 0 amide bonds. The van der Waals surface area contributed by atoms with Crippen LogP contribution in [0.15, 0.2) is 47.4 Å². The number of nitrogens with zero attached hydrogens (tertiary/aromatic N) is 1. The third-order valence-electron chi connectivity index (χ3n) is 4.32. The van der Waals surface area contributed by atoms with E-state index in [1.807, 2.05) is 12.1 Å². The van der Waals surface area contributed by atoms with Crippen molar-refractivity contribution in [2.24, 2.45) is 0 Å². The van der Waals surface area contributed by atoms with Gasteiger partial charge in [0.1, 0.15) is 11.9 Å². The van der Waals surface area contributed by atoms with E-state index in [2.05, 4.69) is 4.72 Å². The lowest BCUT2D eigenvalue weighted by Crippen LogP contribution is -2.47. The van der Waals surface area contributed by atoms with Gasteiger partial charge in [0, 0.05) is 0 Å². The Bertz CT molecular complexity index is 937. The predicted molar refractivity (Wildman–Crippen MR) is 85.0 cm³/mol. The first-order valence-corrected chi connectivity index (χ1v) is 8.83. The van der Waals surface area contributed by atoms with E-state index >= 15 is 0 Å². The van der Waals surface area contributed by atoms with Crippen molar-refractivity contribution >= 4 is 10.0 Å². The van der Waals surface area contributed by atoms with E-state index in [4.69, 9.17) is 5.26 Å². The van der Waals surface area contributed by atoms with Gasteiger partial charge >= 0.3 is 0 Å². The molecule has 3 rings (SSSR count). The lowest BCUT2D eigenvalue weighted by Gasteiger charge is -2.29. The van der Waals surface area contributed by atoms with Gasteiger partial charge in [0.25, 0.3) is 0 Å². The maximum atomic E-state index is 13.4. The molecule has 0 saturated carbocycles. The van der Waals surface area contributed by atoms with Crippen LogP contribution in [0.1, 0.15) is 23.1 Å². The number of sulfonamides is 1. The van der Waals surface area contributed by atoms with Crippen LogP contribution >= 0.6 is 0 Å². The summed E-state index contributed by atoms with van der Waals surface area (Å²) in [6.07, 6.45) is 1.07. The Morgan fingerprint density at radius 1 is 1.29 bits per heavy atom. The number of hydrogen-bond acceptors (Lipinski definition) is 4. The SMILES string of the molecule is N#Cc1cc(S(=O)(=O)N[C@]2(CO)CCc3ccccc32)ccc1F. The van der Waals surface area contributed by atoms with Crippen molar-refractivity contribution in [1.82, 2.24) is 4.72 Å². The van der Waals surface area contributed by atoms with Crippen molar-refractivity contribution in [3.05, 3.63) is 65.0 Å². The van der Waals surface area contributed by atoms with Gasteiger partial charge in [-0.15, -0.1) is 0 Å². The number of nitriles is 1. The highest BCUT2D eigenvalue weighted by atomic mass is 32.2. The van der Waals surface area contributed by atoms with Gasteiger partial charge in [0.15, 0.2) is 0 Å². The Labute approximate surface area is 139 Å². The van der Waals surface area contributed by atoms with Gasteiger partial charge in [-0.3, -0.25) is 0 Å². The summed E-state index contributed by atoms with van der Waals surface area (Å²) in [4.78, 5) is -0.211. The number of rotatable bonds is 4. The first-order chi connectivity index (χ1) is 11.4. The molecule has 1 atom stereocenters. The number of aliphatic hydroxyl groups excluding tert-OH is 1. The van der Waals surface area contributed by atoms with E-state index in [-0.39, 0.29) is 10.5 Å². The third kappa shape index (κ3) is 2.69. The maximum absolute atomic E-state index is 13.4. The number of hydrogen-bond donors (Lipinski definition) is 2. The maximum Gasteiger partial charge on any atom is 0.241 e. The molecule has 0 unspecified atom stereocenters. The molecule has 0 aromatic heterocycles. The van der Waals surface area contributed by atoms with Gasteiger partial charge in [-0.1, -0.05) is 24.3 Å². The molecule has 0 spiro atoms. The minimum absolute atomic E-state index is 0.211. The number of fused-ring (bicyclic) bond motifs is 1. The minimum atomic E-state index is -4.03. The van der Waals surface area contributed by atoms with Crippen molar-refractivity contribution < 1.29 is 17.9 Å². The summed E-state index contributed by atoms with van der Waals surface area (Å²) in [6.45, 7) is -0.393. The fraction of sp³-hybridized carbons (Fsp3) is 0.235. The van der Waals surface area contributed by atoms with E-state index in [1.54, 1.807) is 18.2 Å². The van der Waals surface area contributed by atoms with Crippen LogP contribution in [0, 0.1) is 17.1 Å². The van der Waals surface area contributed by atoms with E-state index in [0.29, 0.717) is 12.8 Å². The van der Waals surface area contributed by atoms with Gasteiger partial charge < -0.3 is 5.11 Å². The highest BCUT2D eigenvalue weighted by molar-refractivity contribution is 7.89. The zero-order valence-electron chi connectivity index (χ0n) is 12.7. The number of halogens is 1. The summed E-state index contributed by atoms with van der Waals surface area (Å²) in [6, 6.07) is 12.0. The molecular formula is C17H15FN2O3S. The highest BCUT2D eigenvalue weighted by Crippen LogP contribution is 2.37. The van der Waals surface area contributed by atoms with Gasteiger partial charge in [-0.2, -0.15) is 9.98 Å². The largest absolute Gasteiger partial charge is 0.394 e. The van der Waals surface area contributed by atoms with Crippen LogP contribution in [0.25, 0.3) is 0 Å². The average molecular weight is 346 g/mol. The van der Waals surface area contributed by atoms with E-state index in [9.17, 15) is 17.9 Å². The Kier molecular flexibility index (Phi) is 4.13. The van der Waals surface area contributed by atoms with Crippen LogP contribution in [-0.2, 0) is 22.0 Å². The number of nitrogens with one attached hydrogen (secondary N) is 1. The summed E-state index contributed by atoms with van der Waals surface area (Å²) in [5.74, 6) is -0.778. The van der Waals surface area contributed by atoms with E-state index in [1.165, 1.54) is 0 Å². The van der Waals surface area contributed by atoms with Gasteiger partial charge in [0.05, 0.1) is 22.6 Å². The molecule has 5 nitrogen and oxygen atoms in total. The lowest BCUT2D eigenvalue weighted by molar-refractivity contribution is 0.182. The standard InChI is InChI=1S/C17H15FN2O3S/c18-16-6-5-14(9-13(16)10-19)24(22,23)20-17(11-21)8-7-12-3-1-2-4-15(12)17/h1-6,9,20-21H,7-8,11H2/t17-/m0/s1. The zero-order valence-corrected chi connectivity index (χ0v) is 13.5. The number of aliphatic hydroxyl groups is 1. The molecular weight excluding hydrogens is 331 g/mol. The van der Waals surface area contributed by atoms with Crippen LogP contribution in [0.5, 0.6) is 0 Å². The summed E-state index contributed by atoms with van der Waals surface area (Å²) >= 11 is 0. The van der Waals surface area contributed by atoms with E-state index < -0.39 is 28.0 Å². The van der Waals surface area contributed by atoms with Crippen LogP contribution in [0.4, 0.5) is 4.39 Å².